The monoisotopic (exact) mass is 414 g/mol. The van der Waals surface area contributed by atoms with Crippen LogP contribution in [0.5, 0.6) is 5.75 Å². The molecule has 2 heterocycles. The van der Waals surface area contributed by atoms with E-state index in [2.05, 4.69) is 45.4 Å². The maximum Gasteiger partial charge on any atom is 0.191 e. The van der Waals surface area contributed by atoms with E-state index in [9.17, 15) is 0 Å². The van der Waals surface area contributed by atoms with E-state index in [0.29, 0.717) is 12.5 Å². The highest BCUT2D eigenvalue weighted by atomic mass is 32.1. The number of nitrogens with one attached hydrogen (secondary N) is 2. The van der Waals surface area contributed by atoms with Crippen LogP contribution in [-0.4, -0.2) is 31.6 Å². The fraction of sp³-hybridized carbons (Fsp3) is 0.333. The molecule has 3 rings (SSSR count). The molecule has 0 bridgehead atoms. The van der Waals surface area contributed by atoms with Crippen molar-refractivity contribution >= 4 is 28.6 Å². The first-order chi connectivity index (χ1) is 13.7. The van der Waals surface area contributed by atoms with Crippen molar-refractivity contribution in [2.75, 3.05) is 20.7 Å². The Morgan fingerprint density at radius 3 is 2.68 bits per heavy atom. The number of thiophene rings is 1. The van der Waals surface area contributed by atoms with Crippen LogP contribution in [0.3, 0.4) is 0 Å². The molecule has 0 aliphatic rings. The highest BCUT2D eigenvalue weighted by Gasteiger charge is 2.08. The summed E-state index contributed by atoms with van der Waals surface area (Å²) in [7, 11) is 3.47. The van der Waals surface area contributed by atoms with Crippen LogP contribution in [0, 0.1) is 5.92 Å². The molecule has 148 valence electrons. The summed E-state index contributed by atoms with van der Waals surface area (Å²) in [6.07, 6.45) is 1.08. The predicted octanol–water partition coefficient (Wildman–Crippen LogP) is 4.42. The SMILES string of the molecule is CN=C(NCc1csc(-c2ccc(OC)cc2)n1)NCC(C)Cc1cccs1. The zero-order valence-electron chi connectivity index (χ0n) is 16.4. The van der Waals surface area contributed by atoms with Crippen LogP contribution in [0.4, 0.5) is 0 Å². The van der Waals surface area contributed by atoms with Crippen molar-refractivity contribution < 1.29 is 4.74 Å². The van der Waals surface area contributed by atoms with Crippen LogP contribution in [0.2, 0.25) is 0 Å². The normalized spacial score (nSPS) is 12.6. The average Bonchev–Trinajstić information content (AvgIpc) is 3.40. The van der Waals surface area contributed by atoms with Gasteiger partial charge in [0.1, 0.15) is 10.8 Å². The van der Waals surface area contributed by atoms with Gasteiger partial charge in [-0.1, -0.05) is 13.0 Å². The Morgan fingerprint density at radius 1 is 1.18 bits per heavy atom. The van der Waals surface area contributed by atoms with Gasteiger partial charge in [-0.2, -0.15) is 0 Å². The van der Waals surface area contributed by atoms with Gasteiger partial charge < -0.3 is 15.4 Å². The molecule has 3 aromatic rings. The number of hydrogen-bond acceptors (Lipinski definition) is 5. The lowest BCUT2D eigenvalue weighted by Crippen LogP contribution is -2.39. The molecule has 5 nitrogen and oxygen atoms in total. The summed E-state index contributed by atoms with van der Waals surface area (Å²) in [6.45, 7) is 3.78. The fourth-order valence-electron chi connectivity index (χ4n) is 2.76. The standard InChI is InChI=1S/C21H26N4OS2/c1-15(11-19-5-4-10-27-19)12-23-21(22-2)24-13-17-14-28-20(25-17)16-6-8-18(26-3)9-7-16/h4-10,14-15H,11-13H2,1-3H3,(H2,22,23,24). The Kier molecular flexibility index (Phi) is 7.45. The molecule has 0 amide bonds. The number of aromatic nitrogens is 1. The van der Waals surface area contributed by atoms with Crippen molar-refractivity contribution in [1.82, 2.24) is 15.6 Å². The molecular weight excluding hydrogens is 388 g/mol. The highest BCUT2D eigenvalue weighted by Crippen LogP contribution is 2.25. The maximum absolute atomic E-state index is 5.21. The van der Waals surface area contributed by atoms with Gasteiger partial charge in [-0.25, -0.2) is 4.98 Å². The Bertz CT molecular complexity index is 872. The third kappa shape index (κ3) is 5.81. The first-order valence-electron chi connectivity index (χ1n) is 9.23. The molecular formula is C21H26N4OS2. The van der Waals surface area contributed by atoms with Gasteiger partial charge in [-0.3, -0.25) is 4.99 Å². The minimum atomic E-state index is 0.540. The van der Waals surface area contributed by atoms with Gasteiger partial charge in [-0.15, -0.1) is 22.7 Å². The Balaban J connectivity index is 1.47. The molecule has 1 atom stereocenters. The summed E-state index contributed by atoms with van der Waals surface area (Å²) in [5.74, 6) is 2.19. The van der Waals surface area contributed by atoms with Crippen LogP contribution in [0.1, 0.15) is 17.5 Å². The molecule has 0 saturated heterocycles. The van der Waals surface area contributed by atoms with Gasteiger partial charge in [0.05, 0.1) is 19.3 Å². The molecule has 0 aliphatic carbocycles. The van der Waals surface area contributed by atoms with Gasteiger partial charge in [0.15, 0.2) is 5.96 Å². The Labute approximate surface area is 174 Å². The van der Waals surface area contributed by atoms with E-state index in [4.69, 9.17) is 9.72 Å². The zero-order chi connectivity index (χ0) is 19.8. The van der Waals surface area contributed by atoms with E-state index in [-0.39, 0.29) is 0 Å². The minimum Gasteiger partial charge on any atom is -0.497 e. The Morgan fingerprint density at radius 2 is 2.00 bits per heavy atom. The second-order valence-corrected chi connectivity index (χ2v) is 8.46. The molecule has 0 radical (unpaired) electrons. The molecule has 0 spiro atoms. The van der Waals surface area contributed by atoms with Crippen LogP contribution in [-0.2, 0) is 13.0 Å². The number of rotatable bonds is 8. The number of guanidine groups is 1. The molecule has 0 fully saturated rings. The molecule has 1 aromatic carbocycles. The van der Waals surface area contributed by atoms with E-state index >= 15 is 0 Å². The second kappa shape index (κ2) is 10.2. The Hall–Kier alpha value is -2.38. The van der Waals surface area contributed by atoms with Crippen molar-refractivity contribution in [3.8, 4) is 16.3 Å². The lowest BCUT2D eigenvalue weighted by molar-refractivity contribution is 0.415. The summed E-state index contributed by atoms with van der Waals surface area (Å²) in [5, 5.41) is 12.0. The highest BCUT2D eigenvalue weighted by molar-refractivity contribution is 7.13. The van der Waals surface area contributed by atoms with Gasteiger partial charge in [0.2, 0.25) is 0 Å². The molecule has 7 heteroatoms. The molecule has 0 saturated carbocycles. The van der Waals surface area contributed by atoms with Gasteiger partial charge in [-0.05, 0) is 48.1 Å². The van der Waals surface area contributed by atoms with E-state index in [1.54, 1.807) is 25.5 Å². The number of ether oxygens (including phenoxy) is 1. The lowest BCUT2D eigenvalue weighted by atomic mass is 10.1. The molecule has 0 aliphatic heterocycles. The van der Waals surface area contributed by atoms with E-state index < -0.39 is 0 Å². The van der Waals surface area contributed by atoms with E-state index in [1.165, 1.54) is 4.88 Å². The van der Waals surface area contributed by atoms with Gasteiger partial charge in [0.25, 0.3) is 0 Å². The average molecular weight is 415 g/mol. The molecule has 1 unspecified atom stereocenters. The minimum absolute atomic E-state index is 0.540. The third-order valence-corrected chi connectivity index (χ3v) is 6.14. The van der Waals surface area contributed by atoms with E-state index in [1.807, 2.05) is 35.6 Å². The number of thiazole rings is 1. The van der Waals surface area contributed by atoms with Gasteiger partial charge in [0, 0.05) is 29.4 Å². The summed E-state index contributed by atoms with van der Waals surface area (Å²) < 4.78 is 5.21. The van der Waals surface area contributed by atoms with Crippen LogP contribution in [0.15, 0.2) is 52.2 Å². The van der Waals surface area contributed by atoms with Crippen molar-refractivity contribution in [3.63, 3.8) is 0 Å². The van der Waals surface area contributed by atoms with Crippen LogP contribution in [0.25, 0.3) is 10.6 Å². The quantitative estimate of drug-likeness (QED) is 0.423. The summed E-state index contributed by atoms with van der Waals surface area (Å²) in [4.78, 5) is 10.5. The number of hydrogen-bond donors (Lipinski definition) is 2. The largest absolute Gasteiger partial charge is 0.497 e. The number of nitrogens with zero attached hydrogens (tertiary/aromatic N) is 2. The number of benzene rings is 1. The molecule has 2 aromatic heterocycles. The van der Waals surface area contributed by atoms with Gasteiger partial charge >= 0.3 is 0 Å². The third-order valence-electron chi connectivity index (χ3n) is 4.30. The van der Waals surface area contributed by atoms with Crippen molar-refractivity contribution in [2.24, 2.45) is 10.9 Å². The van der Waals surface area contributed by atoms with Crippen molar-refractivity contribution in [2.45, 2.75) is 19.9 Å². The summed E-state index contributed by atoms with van der Waals surface area (Å²) in [6, 6.07) is 12.3. The van der Waals surface area contributed by atoms with Crippen LogP contribution >= 0.6 is 22.7 Å². The molecule has 28 heavy (non-hydrogen) atoms. The van der Waals surface area contributed by atoms with Crippen molar-refractivity contribution in [1.29, 1.82) is 0 Å². The topological polar surface area (TPSA) is 58.5 Å². The first-order valence-corrected chi connectivity index (χ1v) is 11.0. The second-order valence-electron chi connectivity index (χ2n) is 6.57. The smallest absolute Gasteiger partial charge is 0.191 e. The summed E-state index contributed by atoms with van der Waals surface area (Å²) in [5.41, 5.74) is 2.10. The zero-order valence-corrected chi connectivity index (χ0v) is 18.1. The lowest BCUT2D eigenvalue weighted by Gasteiger charge is -2.15. The molecule has 2 N–H and O–H groups in total. The number of aliphatic imine (C=N–C) groups is 1. The first kappa shape index (κ1) is 20.4. The summed E-state index contributed by atoms with van der Waals surface area (Å²) >= 11 is 3.46. The van der Waals surface area contributed by atoms with Crippen LogP contribution < -0.4 is 15.4 Å². The number of methoxy groups -OCH3 is 1. The van der Waals surface area contributed by atoms with Crippen molar-refractivity contribution in [3.05, 3.63) is 57.7 Å². The maximum atomic E-state index is 5.21. The fourth-order valence-corrected chi connectivity index (χ4v) is 4.46. The predicted molar refractivity (Wildman–Crippen MR) is 119 cm³/mol. The van der Waals surface area contributed by atoms with E-state index in [0.717, 1.165) is 40.9 Å².